The molecule has 0 heterocycles. The Morgan fingerprint density at radius 3 is 2.48 bits per heavy atom. The van der Waals surface area contributed by atoms with E-state index in [-0.39, 0.29) is 17.9 Å². The summed E-state index contributed by atoms with van der Waals surface area (Å²) in [4.78, 5) is 22.6. The van der Waals surface area contributed by atoms with Gasteiger partial charge in [-0.25, -0.2) is 4.79 Å². The number of nitrogens with two attached hydrogens (primary N) is 1. The van der Waals surface area contributed by atoms with Gasteiger partial charge in [0.15, 0.2) is 18.1 Å². The van der Waals surface area contributed by atoms with Crippen LogP contribution >= 0.6 is 0 Å². The fourth-order valence-electron chi connectivity index (χ4n) is 1.49. The molecule has 1 unspecified atom stereocenters. The lowest BCUT2D eigenvalue weighted by atomic mass is 10.0. The van der Waals surface area contributed by atoms with E-state index < -0.39 is 36.4 Å². The first kappa shape index (κ1) is 16.7. The van der Waals surface area contributed by atoms with Crippen molar-refractivity contribution in [3.8, 4) is 11.5 Å². The average molecular weight is 299 g/mol. The number of phenolic OH excluding ortho intramolecular Hbond substituents is 2. The van der Waals surface area contributed by atoms with Gasteiger partial charge >= 0.3 is 11.9 Å². The molecule has 0 amide bonds. The molecule has 21 heavy (non-hydrogen) atoms. The lowest BCUT2D eigenvalue weighted by molar-refractivity contribution is -0.160. The highest BCUT2D eigenvalue weighted by molar-refractivity contribution is 5.80. The third kappa shape index (κ3) is 4.62. The normalized spacial score (nSPS) is 13.3. The van der Waals surface area contributed by atoms with Gasteiger partial charge in [0.25, 0.3) is 0 Å². The number of aliphatic hydroxyl groups is 1. The molecule has 1 aromatic rings. The van der Waals surface area contributed by atoms with Crippen LogP contribution in [0.1, 0.15) is 18.6 Å². The lowest BCUT2D eigenvalue weighted by Gasteiger charge is -2.18. The van der Waals surface area contributed by atoms with Gasteiger partial charge in [-0.15, -0.1) is 0 Å². The van der Waals surface area contributed by atoms with Crippen LogP contribution in [0, 0.1) is 0 Å². The van der Waals surface area contributed by atoms with Crippen LogP contribution in [0.25, 0.3) is 0 Å². The minimum absolute atomic E-state index is 0.117. The molecule has 0 aliphatic rings. The summed E-state index contributed by atoms with van der Waals surface area (Å²) in [5, 5.41) is 28.4. The van der Waals surface area contributed by atoms with E-state index >= 15 is 0 Å². The van der Waals surface area contributed by atoms with Crippen LogP contribution < -0.4 is 5.73 Å². The van der Waals surface area contributed by atoms with E-state index in [1.807, 2.05) is 0 Å². The highest BCUT2D eigenvalue weighted by Crippen LogP contribution is 2.28. The summed E-state index contributed by atoms with van der Waals surface area (Å²) in [7, 11) is 0. The summed E-state index contributed by atoms with van der Waals surface area (Å²) in [5.41, 5.74) is 5.64. The molecule has 8 heteroatoms. The summed E-state index contributed by atoms with van der Waals surface area (Å²) in [6, 6.07) is 2.05. The fraction of sp³-hybridized carbons (Fsp3) is 0.385. The largest absolute Gasteiger partial charge is 0.504 e. The average Bonchev–Trinajstić information content (AvgIpc) is 2.46. The Labute approximate surface area is 120 Å². The monoisotopic (exact) mass is 299 g/mol. The van der Waals surface area contributed by atoms with Gasteiger partial charge < -0.3 is 30.5 Å². The molecular formula is C13H17NO7. The highest BCUT2D eigenvalue weighted by Gasteiger charge is 2.27. The molecule has 0 saturated carbocycles. The first-order valence-corrected chi connectivity index (χ1v) is 6.14. The molecule has 0 spiro atoms. The van der Waals surface area contributed by atoms with Crippen LogP contribution in [0.3, 0.4) is 0 Å². The third-order valence-corrected chi connectivity index (χ3v) is 2.59. The number of aliphatic hydroxyl groups excluding tert-OH is 1. The quantitative estimate of drug-likeness (QED) is 0.409. The van der Waals surface area contributed by atoms with Crippen molar-refractivity contribution in [1.82, 2.24) is 0 Å². The molecule has 0 aliphatic heterocycles. The number of benzene rings is 1. The zero-order valence-corrected chi connectivity index (χ0v) is 11.4. The minimum atomic E-state index is -1.47. The molecule has 0 bridgehead atoms. The van der Waals surface area contributed by atoms with Crippen LogP contribution in [0.4, 0.5) is 0 Å². The van der Waals surface area contributed by atoms with Gasteiger partial charge in [-0.05, 0) is 24.6 Å². The van der Waals surface area contributed by atoms with Crippen molar-refractivity contribution < 1.29 is 34.4 Å². The van der Waals surface area contributed by atoms with Gasteiger partial charge in [-0.2, -0.15) is 0 Å². The smallest absolute Gasteiger partial charge is 0.344 e. The SMILES string of the molecule is CCOC(=O)COC(=O)[C@@H](N)C(O)c1ccc(O)c(O)c1. The number of hydrogen-bond donors (Lipinski definition) is 4. The van der Waals surface area contributed by atoms with E-state index in [0.29, 0.717) is 0 Å². The third-order valence-electron chi connectivity index (χ3n) is 2.59. The molecule has 0 radical (unpaired) electrons. The summed E-state index contributed by atoms with van der Waals surface area (Å²) in [5.74, 6) is -2.55. The lowest BCUT2D eigenvalue weighted by Crippen LogP contribution is -2.39. The number of hydrogen-bond acceptors (Lipinski definition) is 8. The topological polar surface area (TPSA) is 139 Å². The predicted octanol–water partition coefficient (Wildman–Crippen LogP) is -0.435. The molecule has 1 aromatic carbocycles. The Bertz CT molecular complexity index is 517. The van der Waals surface area contributed by atoms with E-state index in [1.165, 1.54) is 6.07 Å². The van der Waals surface area contributed by atoms with E-state index in [2.05, 4.69) is 9.47 Å². The van der Waals surface area contributed by atoms with Gasteiger partial charge in [0.05, 0.1) is 6.61 Å². The molecule has 2 atom stereocenters. The fourth-order valence-corrected chi connectivity index (χ4v) is 1.49. The van der Waals surface area contributed by atoms with Crippen molar-refractivity contribution in [1.29, 1.82) is 0 Å². The Morgan fingerprint density at radius 2 is 1.90 bits per heavy atom. The minimum Gasteiger partial charge on any atom is -0.504 e. The van der Waals surface area contributed by atoms with Crippen molar-refractivity contribution in [2.24, 2.45) is 5.73 Å². The first-order chi connectivity index (χ1) is 9.86. The van der Waals surface area contributed by atoms with Crippen LogP contribution in [-0.4, -0.2) is 46.5 Å². The molecule has 5 N–H and O–H groups in total. The maximum atomic E-state index is 11.6. The first-order valence-electron chi connectivity index (χ1n) is 6.14. The summed E-state index contributed by atoms with van der Waals surface area (Å²) in [6.45, 7) is 1.15. The highest BCUT2D eigenvalue weighted by atomic mass is 16.6. The van der Waals surface area contributed by atoms with Gasteiger partial charge in [0.1, 0.15) is 12.1 Å². The van der Waals surface area contributed by atoms with Crippen LogP contribution in [-0.2, 0) is 19.1 Å². The molecule has 8 nitrogen and oxygen atoms in total. The second kappa shape index (κ2) is 7.46. The molecule has 0 aromatic heterocycles. The van der Waals surface area contributed by atoms with Crippen LogP contribution in [0.5, 0.6) is 11.5 Å². The Morgan fingerprint density at radius 1 is 1.24 bits per heavy atom. The molecular weight excluding hydrogens is 282 g/mol. The number of rotatable bonds is 6. The number of esters is 2. The predicted molar refractivity (Wildman–Crippen MR) is 70.3 cm³/mol. The number of phenols is 2. The van der Waals surface area contributed by atoms with Crippen LogP contribution in [0.15, 0.2) is 18.2 Å². The van der Waals surface area contributed by atoms with Gasteiger partial charge in [-0.3, -0.25) is 4.79 Å². The Kier molecular flexibility index (Phi) is 5.94. The molecule has 1 rings (SSSR count). The standard InChI is InChI=1S/C13H17NO7/c1-2-20-10(17)6-21-13(19)11(14)12(18)7-3-4-8(15)9(16)5-7/h3-5,11-12,15-16,18H,2,6,14H2,1H3/t11-,12?/m0/s1. The Balaban J connectivity index is 2.64. The van der Waals surface area contributed by atoms with E-state index in [4.69, 9.17) is 10.8 Å². The zero-order chi connectivity index (χ0) is 16.0. The van der Waals surface area contributed by atoms with E-state index in [0.717, 1.165) is 12.1 Å². The maximum Gasteiger partial charge on any atom is 0.344 e. The van der Waals surface area contributed by atoms with E-state index in [1.54, 1.807) is 6.92 Å². The maximum absolute atomic E-state index is 11.6. The van der Waals surface area contributed by atoms with Crippen molar-refractivity contribution in [2.75, 3.05) is 13.2 Å². The van der Waals surface area contributed by atoms with Crippen LogP contribution in [0.2, 0.25) is 0 Å². The van der Waals surface area contributed by atoms with Crippen molar-refractivity contribution >= 4 is 11.9 Å². The molecule has 0 saturated heterocycles. The zero-order valence-electron chi connectivity index (χ0n) is 11.4. The number of aromatic hydroxyl groups is 2. The summed E-state index contributed by atoms with van der Waals surface area (Å²) in [6.07, 6.45) is -1.47. The van der Waals surface area contributed by atoms with Gasteiger partial charge in [0.2, 0.25) is 0 Å². The Hall–Kier alpha value is -2.32. The number of ether oxygens (including phenoxy) is 2. The molecule has 0 fully saturated rings. The van der Waals surface area contributed by atoms with E-state index in [9.17, 15) is 19.8 Å². The molecule has 116 valence electrons. The number of carbonyl (C=O) groups excluding carboxylic acids is 2. The number of carbonyl (C=O) groups is 2. The van der Waals surface area contributed by atoms with Gasteiger partial charge in [-0.1, -0.05) is 6.07 Å². The second-order valence-electron chi connectivity index (χ2n) is 4.13. The van der Waals surface area contributed by atoms with Crippen molar-refractivity contribution in [3.05, 3.63) is 23.8 Å². The van der Waals surface area contributed by atoms with Gasteiger partial charge in [0, 0.05) is 0 Å². The second-order valence-corrected chi connectivity index (χ2v) is 4.13. The molecule has 0 aliphatic carbocycles. The summed E-state index contributed by atoms with van der Waals surface area (Å²) < 4.78 is 9.17. The van der Waals surface area contributed by atoms with Crippen molar-refractivity contribution in [2.45, 2.75) is 19.1 Å². The summed E-state index contributed by atoms with van der Waals surface area (Å²) >= 11 is 0. The van der Waals surface area contributed by atoms with Crippen molar-refractivity contribution in [3.63, 3.8) is 0 Å².